The minimum atomic E-state index is -0.525. The molecule has 0 aliphatic carbocycles. The Morgan fingerprint density at radius 1 is 1.00 bits per heavy atom. The van der Waals surface area contributed by atoms with Gasteiger partial charge in [0.25, 0.3) is 5.91 Å². The van der Waals surface area contributed by atoms with Crippen LogP contribution in [0, 0.1) is 0 Å². The van der Waals surface area contributed by atoms with Crippen LogP contribution < -0.4 is 5.73 Å². The van der Waals surface area contributed by atoms with E-state index in [0.717, 1.165) is 22.2 Å². The summed E-state index contributed by atoms with van der Waals surface area (Å²) in [6.07, 6.45) is 1.40. The van der Waals surface area contributed by atoms with Crippen LogP contribution in [0.25, 0.3) is 16.5 Å². The predicted molar refractivity (Wildman–Crippen MR) is 90.1 cm³/mol. The number of aromatic nitrogens is 1. The molecule has 2 aromatic carbocycles. The average Bonchev–Trinajstić information content (AvgIpc) is 2.59. The summed E-state index contributed by atoms with van der Waals surface area (Å²) < 4.78 is 5.52. The number of fused-ring (bicyclic) bond motifs is 1. The molecule has 0 saturated carbocycles. The third-order valence-corrected chi connectivity index (χ3v) is 3.44. The molecule has 4 heteroatoms. The van der Waals surface area contributed by atoms with Crippen molar-refractivity contribution in [3.05, 3.63) is 84.2 Å². The van der Waals surface area contributed by atoms with Gasteiger partial charge in [-0.05, 0) is 17.7 Å². The van der Waals surface area contributed by atoms with Crippen molar-refractivity contribution >= 4 is 22.4 Å². The molecular formula is C19H16N2O2. The molecule has 0 aliphatic heterocycles. The highest BCUT2D eigenvalue weighted by Gasteiger charge is 2.08. The van der Waals surface area contributed by atoms with Gasteiger partial charge in [-0.25, -0.2) is 4.98 Å². The molecule has 2 N–H and O–H groups in total. The Kier molecular flexibility index (Phi) is 4.34. The summed E-state index contributed by atoms with van der Waals surface area (Å²) in [4.78, 5) is 16.1. The second kappa shape index (κ2) is 6.75. The Hall–Kier alpha value is -3.14. The van der Waals surface area contributed by atoms with E-state index in [1.54, 1.807) is 0 Å². The van der Waals surface area contributed by atoms with E-state index in [-0.39, 0.29) is 6.61 Å². The second-order valence-corrected chi connectivity index (χ2v) is 5.07. The van der Waals surface area contributed by atoms with Gasteiger partial charge in [0.2, 0.25) is 0 Å². The largest absolute Gasteiger partial charge is 0.494 e. The van der Waals surface area contributed by atoms with Crippen molar-refractivity contribution in [2.24, 2.45) is 5.73 Å². The number of carbonyl (C=O) groups is 1. The van der Waals surface area contributed by atoms with Crippen LogP contribution in [0.1, 0.15) is 11.3 Å². The number of pyridine rings is 1. The second-order valence-electron chi connectivity index (χ2n) is 5.07. The van der Waals surface area contributed by atoms with E-state index >= 15 is 0 Å². The minimum Gasteiger partial charge on any atom is -0.494 e. The molecule has 0 saturated heterocycles. The maximum atomic E-state index is 11.6. The summed E-state index contributed by atoms with van der Waals surface area (Å²) in [5.41, 5.74) is 8.19. The Labute approximate surface area is 134 Å². The van der Waals surface area contributed by atoms with Gasteiger partial charge in [0.15, 0.2) is 0 Å². The van der Waals surface area contributed by atoms with Crippen LogP contribution in [0.15, 0.2) is 73.0 Å². The standard InChI is InChI=1S/C19H16N2O2/c20-19(22)17(14-6-2-1-3-7-14)13-23-12-16-11-10-15-8-4-5-9-18(15)21-16/h1-11,13H,12H2,(H2,20,22). The molecule has 0 radical (unpaired) electrons. The molecule has 0 atom stereocenters. The summed E-state index contributed by atoms with van der Waals surface area (Å²) in [5, 5.41) is 1.08. The van der Waals surface area contributed by atoms with Gasteiger partial charge in [-0.1, -0.05) is 54.6 Å². The van der Waals surface area contributed by atoms with E-state index in [0.29, 0.717) is 5.57 Å². The van der Waals surface area contributed by atoms with E-state index in [2.05, 4.69) is 4.98 Å². The molecule has 23 heavy (non-hydrogen) atoms. The zero-order valence-electron chi connectivity index (χ0n) is 12.5. The smallest absolute Gasteiger partial charge is 0.252 e. The highest BCUT2D eigenvalue weighted by molar-refractivity contribution is 6.18. The van der Waals surface area contributed by atoms with Crippen LogP contribution in [0.2, 0.25) is 0 Å². The Morgan fingerprint density at radius 2 is 1.74 bits per heavy atom. The van der Waals surface area contributed by atoms with Gasteiger partial charge < -0.3 is 10.5 Å². The quantitative estimate of drug-likeness (QED) is 0.581. The maximum absolute atomic E-state index is 11.6. The summed E-state index contributed by atoms with van der Waals surface area (Å²) in [7, 11) is 0. The lowest BCUT2D eigenvalue weighted by Crippen LogP contribution is -2.13. The molecule has 3 rings (SSSR count). The van der Waals surface area contributed by atoms with Gasteiger partial charge >= 0.3 is 0 Å². The lowest BCUT2D eigenvalue weighted by atomic mass is 10.1. The van der Waals surface area contributed by atoms with Gasteiger partial charge in [0, 0.05) is 5.39 Å². The van der Waals surface area contributed by atoms with Crippen LogP contribution in [0.3, 0.4) is 0 Å². The first-order valence-electron chi connectivity index (χ1n) is 7.26. The lowest BCUT2D eigenvalue weighted by molar-refractivity contribution is -0.112. The van der Waals surface area contributed by atoms with Gasteiger partial charge in [-0.15, -0.1) is 0 Å². The fraction of sp³-hybridized carbons (Fsp3) is 0.0526. The van der Waals surface area contributed by atoms with Crippen molar-refractivity contribution in [3.8, 4) is 0 Å². The van der Waals surface area contributed by atoms with Crippen LogP contribution in [0.5, 0.6) is 0 Å². The summed E-state index contributed by atoms with van der Waals surface area (Å²) in [6.45, 7) is 0.272. The zero-order valence-corrected chi connectivity index (χ0v) is 12.5. The van der Waals surface area contributed by atoms with Crippen LogP contribution >= 0.6 is 0 Å². The number of hydrogen-bond donors (Lipinski definition) is 1. The van der Waals surface area contributed by atoms with E-state index in [1.165, 1.54) is 6.26 Å². The van der Waals surface area contributed by atoms with Crippen molar-refractivity contribution in [1.29, 1.82) is 0 Å². The fourth-order valence-electron chi connectivity index (χ4n) is 2.29. The topological polar surface area (TPSA) is 65.2 Å². The van der Waals surface area contributed by atoms with E-state index < -0.39 is 5.91 Å². The summed E-state index contributed by atoms with van der Waals surface area (Å²) in [6, 6.07) is 21.0. The molecule has 0 unspecified atom stereocenters. The van der Waals surface area contributed by atoms with Crippen molar-refractivity contribution in [3.63, 3.8) is 0 Å². The fourth-order valence-corrected chi connectivity index (χ4v) is 2.29. The number of hydrogen-bond acceptors (Lipinski definition) is 3. The first kappa shape index (κ1) is 14.8. The lowest BCUT2D eigenvalue weighted by Gasteiger charge is -2.06. The Bertz CT molecular complexity index is 857. The van der Waals surface area contributed by atoms with Crippen molar-refractivity contribution in [1.82, 2.24) is 4.98 Å². The minimum absolute atomic E-state index is 0.272. The van der Waals surface area contributed by atoms with Crippen molar-refractivity contribution < 1.29 is 9.53 Å². The number of nitrogens with zero attached hydrogens (tertiary/aromatic N) is 1. The number of nitrogens with two attached hydrogens (primary N) is 1. The van der Waals surface area contributed by atoms with E-state index in [9.17, 15) is 4.79 Å². The number of para-hydroxylation sites is 1. The predicted octanol–water partition coefficient (Wildman–Crippen LogP) is 3.28. The number of amides is 1. The Balaban J connectivity index is 1.76. The Morgan fingerprint density at radius 3 is 2.52 bits per heavy atom. The van der Waals surface area contributed by atoms with Gasteiger partial charge in [-0.2, -0.15) is 0 Å². The highest BCUT2D eigenvalue weighted by atomic mass is 16.5. The SMILES string of the molecule is NC(=O)C(=COCc1ccc2ccccc2n1)c1ccccc1. The zero-order chi connectivity index (χ0) is 16.1. The number of benzene rings is 2. The first-order valence-corrected chi connectivity index (χ1v) is 7.26. The third-order valence-electron chi connectivity index (χ3n) is 3.44. The van der Waals surface area contributed by atoms with Crippen molar-refractivity contribution in [2.45, 2.75) is 6.61 Å². The van der Waals surface area contributed by atoms with Gasteiger partial charge in [-0.3, -0.25) is 4.79 Å². The molecule has 114 valence electrons. The maximum Gasteiger partial charge on any atom is 0.252 e. The number of carbonyl (C=O) groups excluding carboxylic acids is 1. The summed E-state index contributed by atoms with van der Waals surface area (Å²) in [5.74, 6) is -0.525. The normalized spacial score (nSPS) is 11.4. The van der Waals surface area contributed by atoms with E-state index in [1.807, 2.05) is 66.7 Å². The molecule has 0 bridgehead atoms. The van der Waals surface area contributed by atoms with Gasteiger partial charge in [0.1, 0.15) is 6.61 Å². The highest BCUT2D eigenvalue weighted by Crippen LogP contribution is 2.15. The monoisotopic (exact) mass is 304 g/mol. The molecule has 1 aromatic heterocycles. The molecule has 0 aliphatic rings. The van der Waals surface area contributed by atoms with Crippen LogP contribution in [-0.2, 0) is 16.1 Å². The van der Waals surface area contributed by atoms with Crippen molar-refractivity contribution in [2.75, 3.05) is 0 Å². The number of ether oxygens (including phenoxy) is 1. The number of primary amides is 1. The molecular weight excluding hydrogens is 288 g/mol. The van der Waals surface area contributed by atoms with Gasteiger partial charge in [0.05, 0.1) is 23.0 Å². The first-order chi connectivity index (χ1) is 11.2. The summed E-state index contributed by atoms with van der Waals surface area (Å²) >= 11 is 0. The molecule has 0 spiro atoms. The van der Waals surface area contributed by atoms with E-state index in [4.69, 9.17) is 10.5 Å². The number of rotatable bonds is 5. The third kappa shape index (κ3) is 3.55. The molecule has 1 heterocycles. The van der Waals surface area contributed by atoms with Crippen LogP contribution in [-0.4, -0.2) is 10.9 Å². The molecule has 4 nitrogen and oxygen atoms in total. The molecule has 0 fully saturated rings. The molecule has 1 amide bonds. The molecule has 3 aromatic rings. The van der Waals surface area contributed by atoms with Crippen LogP contribution in [0.4, 0.5) is 0 Å². The average molecular weight is 304 g/mol.